The molecule has 1 aliphatic carbocycles. The number of aryl methyl sites for hydroxylation is 3. The molecular weight excluding hydrogens is 348 g/mol. The maximum Gasteiger partial charge on any atom is 0.273 e. The second-order valence-corrected chi connectivity index (χ2v) is 8.39. The van der Waals surface area contributed by atoms with Crippen molar-refractivity contribution in [1.82, 2.24) is 19.7 Å². The molecule has 2 aromatic rings. The van der Waals surface area contributed by atoms with E-state index in [4.69, 9.17) is 0 Å². The minimum absolute atomic E-state index is 0.0158. The van der Waals surface area contributed by atoms with Crippen molar-refractivity contribution >= 4 is 17.2 Å². The molecular formula is C19H24N4O2S. The predicted octanol–water partition coefficient (Wildman–Crippen LogP) is 2.44. The Morgan fingerprint density at radius 3 is 2.77 bits per heavy atom. The van der Waals surface area contributed by atoms with Gasteiger partial charge in [0, 0.05) is 31.1 Å². The number of thiazole rings is 1. The molecule has 0 N–H and O–H groups in total. The van der Waals surface area contributed by atoms with Gasteiger partial charge < -0.3 is 4.90 Å². The standard InChI is InChI=1S/C19H24N4O2S/c1-13-20-17(12-26-13)19(25)22-8-6-14(7-9-22)11-23-18(24)10-15-4-2-3-5-16(15)21-23/h10,12,14H,2-9,11H2,1H3. The van der Waals surface area contributed by atoms with Crippen LogP contribution < -0.4 is 5.56 Å². The summed E-state index contributed by atoms with van der Waals surface area (Å²) in [5.41, 5.74) is 2.81. The summed E-state index contributed by atoms with van der Waals surface area (Å²) in [6.45, 7) is 4.01. The minimum Gasteiger partial charge on any atom is -0.337 e. The number of rotatable bonds is 3. The van der Waals surface area contributed by atoms with Gasteiger partial charge in [-0.2, -0.15) is 5.10 Å². The third kappa shape index (κ3) is 3.58. The Morgan fingerprint density at radius 1 is 1.27 bits per heavy atom. The normalized spacial score (nSPS) is 18.0. The molecule has 1 fully saturated rings. The van der Waals surface area contributed by atoms with Crippen LogP contribution >= 0.6 is 11.3 Å². The molecule has 0 aromatic carbocycles. The third-order valence-electron chi connectivity index (χ3n) is 5.44. The van der Waals surface area contributed by atoms with E-state index in [1.54, 1.807) is 10.7 Å². The lowest BCUT2D eigenvalue weighted by Crippen LogP contribution is -2.40. The highest BCUT2D eigenvalue weighted by molar-refractivity contribution is 7.09. The molecule has 0 saturated carbocycles. The van der Waals surface area contributed by atoms with E-state index in [-0.39, 0.29) is 11.5 Å². The first kappa shape index (κ1) is 17.4. The van der Waals surface area contributed by atoms with Crippen molar-refractivity contribution in [2.45, 2.75) is 52.0 Å². The van der Waals surface area contributed by atoms with Crippen molar-refractivity contribution in [1.29, 1.82) is 0 Å². The number of carbonyl (C=O) groups excluding carboxylic acids is 1. The second-order valence-electron chi connectivity index (χ2n) is 7.33. The first-order valence-corrected chi connectivity index (χ1v) is 10.3. The summed E-state index contributed by atoms with van der Waals surface area (Å²) in [4.78, 5) is 31.0. The van der Waals surface area contributed by atoms with Crippen molar-refractivity contribution in [3.8, 4) is 0 Å². The van der Waals surface area contributed by atoms with Gasteiger partial charge in [0.05, 0.1) is 10.7 Å². The third-order valence-corrected chi connectivity index (χ3v) is 6.22. The SMILES string of the molecule is Cc1nc(C(=O)N2CCC(Cn3nc4c(cc3=O)CCCC4)CC2)cs1. The van der Waals surface area contributed by atoms with Crippen molar-refractivity contribution < 1.29 is 4.79 Å². The van der Waals surface area contributed by atoms with Crippen LogP contribution in [0.1, 0.15) is 52.4 Å². The van der Waals surface area contributed by atoms with E-state index in [1.165, 1.54) is 11.3 Å². The smallest absolute Gasteiger partial charge is 0.273 e. The summed E-state index contributed by atoms with van der Waals surface area (Å²) in [6, 6.07) is 1.78. The highest BCUT2D eigenvalue weighted by Gasteiger charge is 2.26. The number of hydrogen-bond donors (Lipinski definition) is 0. The zero-order valence-corrected chi connectivity index (χ0v) is 15.9. The van der Waals surface area contributed by atoms with Gasteiger partial charge in [0.1, 0.15) is 5.69 Å². The first-order chi connectivity index (χ1) is 12.6. The van der Waals surface area contributed by atoms with E-state index in [0.717, 1.165) is 67.9 Å². The van der Waals surface area contributed by atoms with Crippen LogP contribution in [-0.2, 0) is 19.4 Å². The van der Waals surface area contributed by atoms with Crippen LogP contribution in [0.3, 0.4) is 0 Å². The molecule has 1 aliphatic heterocycles. The number of aromatic nitrogens is 3. The van der Waals surface area contributed by atoms with E-state index >= 15 is 0 Å². The largest absolute Gasteiger partial charge is 0.337 e. The van der Waals surface area contributed by atoms with Crippen LogP contribution in [-0.4, -0.2) is 38.7 Å². The van der Waals surface area contributed by atoms with Crippen LogP contribution in [0, 0.1) is 12.8 Å². The maximum atomic E-state index is 12.5. The van der Waals surface area contributed by atoms with E-state index < -0.39 is 0 Å². The zero-order valence-electron chi connectivity index (χ0n) is 15.1. The summed E-state index contributed by atoms with van der Waals surface area (Å²) < 4.78 is 1.65. The number of piperidine rings is 1. The summed E-state index contributed by atoms with van der Waals surface area (Å²) in [5, 5.41) is 7.38. The van der Waals surface area contributed by atoms with Gasteiger partial charge in [-0.1, -0.05) is 0 Å². The summed E-state index contributed by atoms with van der Waals surface area (Å²) >= 11 is 1.51. The molecule has 1 saturated heterocycles. The monoisotopic (exact) mass is 372 g/mol. The molecule has 1 amide bonds. The number of amides is 1. The molecule has 26 heavy (non-hydrogen) atoms. The quantitative estimate of drug-likeness (QED) is 0.830. The van der Waals surface area contributed by atoms with Crippen LogP contribution in [0.4, 0.5) is 0 Å². The molecule has 0 radical (unpaired) electrons. The molecule has 0 atom stereocenters. The van der Waals surface area contributed by atoms with Crippen molar-refractivity contribution in [2.75, 3.05) is 13.1 Å². The molecule has 0 bridgehead atoms. The molecule has 3 heterocycles. The number of nitrogens with zero attached hydrogens (tertiary/aromatic N) is 4. The molecule has 2 aliphatic rings. The zero-order chi connectivity index (χ0) is 18.1. The molecule has 7 heteroatoms. The minimum atomic E-state index is 0.0158. The topological polar surface area (TPSA) is 68.1 Å². The molecule has 2 aromatic heterocycles. The Balaban J connectivity index is 1.38. The summed E-state index contributed by atoms with van der Waals surface area (Å²) in [7, 11) is 0. The molecule has 4 rings (SSSR count). The Morgan fingerprint density at radius 2 is 2.04 bits per heavy atom. The van der Waals surface area contributed by atoms with Crippen LogP contribution in [0.15, 0.2) is 16.2 Å². The van der Waals surface area contributed by atoms with Crippen LogP contribution in [0.5, 0.6) is 0 Å². The molecule has 138 valence electrons. The number of carbonyl (C=O) groups is 1. The summed E-state index contributed by atoms with van der Waals surface area (Å²) in [6.07, 6.45) is 6.09. The summed E-state index contributed by atoms with van der Waals surface area (Å²) in [5.74, 6) is 0.417. The van der Waals surface area contributed by atoms with Gasteiger partial charge in [0.2, 0.25) is 0 Å². The van der Waals surface area contributed by atoms with Gasteiger partial charge in [0.15, 0.2) is 0 Å². The van der Waals surface area contributed by atoms with E-state index in [9.17, 15) is 9.59 Å². The Bertz CT molecular complexity index is 865. The fraction of sp³-hybridized carbons (Fsp3) is 0.579. The Labute approximate surface area is 156 Å². The average molecular weight is 372 g/mol. The lowest BCUT2D eigenvalue weighted by molar-refractivity contribution is 0.0675. The maximum absolute atomic E-state index is 12.5. The van der Waals surface area contributed by atoms with Crippen LogP contribution in [0.25, 0.3) is 0 Å². The highest BCUT2D eigenvalue weighted by Crippen LogP contribution is 2.22. The number of likely N-dealkylation sites (tertiary alicyclic amines) is 1. The Hall–Kier alpha value is -2.02. The molecule has 6 nitrogen and oxygen atoms in total. The fourth-order valence-electron chi connectivity index (χ4n) is 3.92. The van der Waals surface area contributed by atoms with Gasteiger partial charge in [-0.3, -0.25) is 9.59 Å². The fourth-order valence-corrected chi connectivity index (χ4v) is 4.51. The van der Waals surface area contributed by atoms with Gasteiger partial charge in [-0.25, -0.2) is 9.67 Å². The van der Waals surface area contributed by atoms with Gasteiger partial charge in [0.25, 0.3) is 11.5 Å². The lowest BCUT2D eigenvalue weighted by Gasteiger charge is -2.31. The first-order valence-electron chi connectivity index (χ1n) is 9.41. The average Bonchev–Trinajstić information content (AvgIpc) is 3.09. The predicted molar refractivity (Wildman–Crippen MR) is 101 cm³/mol. The van der Waals surface area contributed by atoms with E-state index in [2.05, 4.69) is 10.1 Å². The van der Waals surface area contributed by atoms with Gasteiger partial charge in [-0.05, 0) is 56.9 Å². The van der Waals surface area contributed by atoms with E-state index in [1.807, 2.05) is 17.2 Å². The van der Waals surface area contributed by atoms with Gasteiger partial charge >= 0.3 is 0 Å². The number of hydrogen-bond acceptors (Lipinski definition) is 5. The second kappa shape index (κ2) is 7.31. The van der Waals surface area contributed by atoms with Crippen LogP contribution in [0.2, 0.25) is 0 Å². The molecule has 0 spiro atoms. The van der Waals surface area contributed by atoms with Crippen molar-refractivity contribution in [3.05, 3.63) is 43.8 Å². The highest BCUT2D eigenvalue weighted by atomic mass is 32.1. The Kier molecular flexibility index (Phi) is 4.89. The van der Waals surface area contributed by atoms with Crippen molar-refractivity contribution in [2.24, 2.45) is 5.92 Å². The molecule has 0 unspecified atom stereocenters. The van der Waals surface area contributed by atoms with E-state index in [0.29, 0.717) is 18.2 Å². The number of fused-ring (bicyclic) bond motifs is 1. The van der Waals surface area contributed by atoms with Gasteiger partial charge in [-0.15, -0.1) is 11.3 Å². The van der Waals surface area contributed by atoms with Crippen molar-refractivity contribution in [3.63, 3.8) is 0 Å². The lowest BCUT2D eigenvalue weighted by atomic mass is 9.95.